The first-order valence-corrected chi connectivity index (χ1v) is 10.6. The highest BCUT2D eigenvalue weighted by atomic mass is 35.5. The van der Waals surface area contributed by atoms with Crippen LogP contribution in [0.4, 0.5) is 5.69 Å². The van der Waals surface area contributed by atoms with Crippen molar-refractivity contribution in [3.8, 4) is 0 Å². The summed E-state index contributed by atoms with van der Waals surface area (Å²) < 4.78 is 5.23. The van der Waals surface area contributed by atoms with Crippen molar-refractivity contribution in [2.45, 2.75) is 26.3 Å². The second kappa shape index (κ2) is 9.62. The molecule has 1 aromatic rings. The minimum atomic E-state index is -0.800. The van der Waals surface area contributed by atoms with E-state index < -0.39 is 29.8 Å². The quantitative estimate of drug-likeness (QED) is 0.507. The lowest BCUT2D eigenvalue weighted by Crippen LogP contribution is -2.44. The second-order valence-electron chi connectivity index (χ2n) is 7.65. The first-order chi connectivity index (χ1) is 14.4. The van der Waals surface area contributed by atoms with Gasteiger partial charge in [-0.3, -0.25) is 14.4 Å². The number of ether oxygens (including phenoxy) is 1. The predicted octanol–water partition coefficient (Wildman–Crippen LogP) is 2.49. The lowest BCUT2D eigenvalue weighted by Gasteiger charge is -2.32. The topological polar surface area (TPSA) is 95.9 Å². The average molecular weight is 435 g/mol. The number of carbonyl (C=O) groups is 3. The predicted molar refractivity (Wildman–Crippen MR) is 113 cm³/mol. The highest BCUT2D eigenvalue weighted by Crippen LogP contribution is 2.44. The summed E-state index contributed by atoms with van der Waals surface area (Å²) >= 11 is 6.18. The van der Waals surface area contributed by atoms with Crippen molar-refractivity contribution in [2.75, 3.05) is 25.1 Å². The number of rotatable bonds is 7. The van der Waals surface area contributed by atoms with Crippen LogP contribution in [0.1, 0.15) is 20.3 Å². The van der Waals surface area contributed by atoms with Crippen LogP contribution >= 0.6 is 11.6 Å². The monoisotopic (exact) mass is 434 g/mol. The van der Waals surface area contributed by atoms with E-state index in [2.05, 4.69) is 5.32 Å². The summed E-state index contributed by atoms with van der Waals surface area (Å²) in [6.07, 6.45) is 4.07. The zero-order valence-corrected chi connectivity index (χ0v) is 17.8. The number of esters is 1. The number of nitrogens with one attached hydrogen (secondary N) is 1. The van der Waals surface area contributed by atoms with E-state index in [-0.39, 0.29) is 37.5 Å². The van der Waals surface area contributed by atoms with E-state index in [1.54, 1.807) is 31.2 Å². The van der Waals surface area contributed by atoms with Crippen LogP contribution in [0.3, 0.4) is 0 Å². The molecule has 30 heavy (non-hydrogen) atoms. The zero-order valence-electron chi connectivity index (χ0n) is 17.1. The molecule has 0 bridgehead atoms. The molecule has 8 heteroatoms. The van der Waals surface area contributed by atoms with Crippen molar-refractivity contribution in [1.82, 2.24) is 4.90 Å². The number of aliphatic hydroxyl groups excluding tert-OH is 1. The van der Waals surface area contributed by atoms with Crippen molar-refractivity contribution in [1.29, 1.82) is 0 Å². The zero-order chi connectivity index (χ0) is 21.8. The van der Waals surface area contributed by atoms with Gasteiger partial charge in [0, 0.05) is 19.1 Å². The van der Waals surface area contributed by atoms with Crippen LogP contribution in [-0.2, 0) is 19.1 Å². The van der Waals surface area contributed by atoms with Gasteiger partial charge in [0.1, 0.15) is 6.04 Å². The van der Waals surface area contributed by atoms with E-state index >= 15 is 0 Å². The molecule has 0 radical (unpaired) electrons. The van der Waals surface area contributed by atoms with Crippen LogP contribution in [0.25, 0.3) is 0 Å². The summed E-state index contributed by atoms with van der Waals surface area (Å²) in [4.78, 5) is 40.7. The van der Waals surface area contributed by atoms with Gasteiger partial charge in [-0.2, -0.15) is 0 Å². The Hall–Kier alpha value is -2.38. The van der Waals surface area contributed by atoms with E-state index in [1.807, 2.05) is 19.1 Å². The fourth-order valence-electron chi connectivity index (χ4n) is 4.44. The third-order valence-electron chi connectivity index (χ3n) is 5.79. The molecule has 2 N–H and O–H groups in total. The van der Waals surface area contributed by atoms with Gasteiger partial charge < -0.3 is 20.1 Å². The number of benzene rings is 1. The maximum absolute atomic E-state index is 13.3. The number of amides is 2. The smallest absolute Gasteiger partial charge is 0.310 e. The number of allylic oxidation sites excluding steroid dienone is 1. The molecule has 1 aliphatic carbocycles. The lowest BCUT2D eigenvalue weighted by molar-refractivity contribution is -0.155. The minimum absolute atomic E-state index is 0.106. The molecule has 1 fully saturated rings. The number of nitrogens with zero attached hydrogens (tertiary/aromatic N) is 1. The average Bonchev–Trinajstić information content (AvgIpc) is 3.00. The Morgan fingerprint density at radius 1 is 1.27 bits per heavy atom. The molecule has 1 heterocycles. The number of halogens is 1. The molecule has 162 valence electrons. The summed E-state index contributed by atoms with van der Waals surface area (Å²) in [6, 6.07) is 6.07. The molecule has 2 aliphatic rings. The Balaban J connectivity index is 1.94. The highest BCUT2D eigenvalue weighted by Gasteiger charge is 2.56. The van der Waals surface area contributed by atoms with Gasteiger partial charge in [0.2, 0.25) is 11.8 Å². The number of aliphatic hydroxyl groups is 1. The first kappa shape index (κ1) is 22.3. The van der Waals surface area contributed by atoms with E-state index in [1.165, 1.54) is 4.90 Å². The van der Waals surface area contributed by atoms with Crippen molar-refractivity contribution >= 4 is 35.1 Å². The van der Waals surface area contributed by atoms with Crippen LogP contribution in [0, 0.1) is 23.7 Å². The molecule has 7 nitrogen and oxygen atoms in total. The standard InChI is InChI=1S/C22H27ClN2O5/c1-3-30-22(29)17-13(2)9-10-14-18(17)21(28)25(11-6-12-26)19(14)20(27)24-16-8-5-4-7-15(16)23/h4-5,7-10,13-14,17-19,26H,3,6,11-12H2,1-2H3,(H,24,27)/t13-,14+,17-,18+,19+/m1/s1. The Morgan fingerprint density at radius 2 is 2.00 bits per heavy atom. The SMILES string of the molecule is CCOC(=O)[C@H]1[C@H]2C(=O)N(CCCO)[C@H](C(=O)Nc3ccccc3Cl)[C@H]2C=C[C@H]1C. The summed E-state index contributed by atoms with van der Waals surface area (Å²) in [5, 5.41) is 12.5. The van der Waals surface area contributed by atoms with Crippen LogP contribution in [-0.4, -0.2) is 53.6 Å². The van der Waals surface area contributed by atoms with Gasteiger partial charge in [-0.1, -0.05) is 42.8 Å². The largest absolute Gasteiger partial charge is 0.466 e. The molecule has 1 saturated heterocycles. The molecule has 0 spiro atoms. The third-order valence-corrected chi connectivity index (χ3v) is 6.12. The molecule has 0 saturated carbocycles. The van der Waals surface area contributed by atoms with Crippen molar-refractivity contribution < 1.29 is 24.2 Å². The number of fused-ring (bicyclic) bond motifs is 1. The summed E-state index contributed by atoms with van der Waals surface area (Å²) in [5.41, 5.74) is 0.456. The van der Waals surface area contributed by atoms with Gasteiger partial charge in [-0.25, -0.2) is 0 Å². The number of likely N-dealkylation sites (tertiary alicyclic amines) is 1. The Bertz CT molecular complexity index is 843. The van der Waals surface area contributed by atoms with Gasteiger partial charge in [0.25, 0.3) is 0 Å². The first-order valence-electron chi connectivity index (χ1n) is 10.2. The molecule has 0 unspecified atom stereocenters. The van der Waals surface area contributed by atoms with Crippen LogP contribution in [0.2, 0.25) is 5.02 Å². The third kappa shape index (κ3) is 4.23. The van der Waals surface area contributed by atoms with Crippen LogP contribution < -0.4 is 5.32 Å². The number of hydrogen-bond donors (Lipinski definition) is 2. The molecule has 5 atom stereocenters. The van der Waals surface area contributed by atoms with Crippen molar-refractivity contribution in [3.63, 3.8) is 0 Å². The summed E-state index contributed by atoms with van der Waals surface area (Å²) in [7, 11) is 0. The van der Waals surface area contributed by atoms with E-state index in [0.29, 0.717) is 17.1 Å². The van der Waals surface area contributed by atoms with E-state index in [9.17, 15) is 19.5 Å². The maximum atomic E-state index is 13.3. The van der Waals surface area contributed by atoms with E-state index in [0.717, 1.165) is 0 Å². The molecular weight excluding hydrogens is 408 g/mol. The highest BCUT2D eigenvalue weighted by molar-refractivity contribution is 6.33. The Labute approximate surface area is 181 Å². The van der Waals surface area contributed by atoms with Gasteiger partial charge in [0.05, 0.1) is 29.2 Å². The van der Waals surface area contributed by atoms with Crippen LogP contribution in [0.15, 0.2) is 36.4 Å². The second-order valence-corrected chi connectivity index (χ2v) is 8.05. The fraction of sp³-hybridized carbons (Fsp3) is 0.500. The van der Waals surface area contributed by atoms with Gasteiger partial charge in [-0.15, -0.1) is 0 Å². The Kier molecular flexibility index (Phi) is 7.15. The van der Waals surface area contributed by atoms with Crippen LogP contribution in [0.5, 0.6) is 0 Å². The molecule has 2 amide bonds. The summed E-state index contributed by atoms with van der Waals surface area (Å²) in [6.45, 7) is 3.94. The normalized spacial score (nSPS) is 27.7. The molecule has 0 aromatic heterocycles. The fourth-order valence-corrected chi connectivity index (χ4v) is 4.62. The maximum Gasteiger partial charge on any atom is 0.310 e. The lowest BCUT2D eigenvalue weighted by atomic mass is 9.70. The molecule has 1 aliphatic heterocycles. The van der Waals surface area contributed by atoms with Crippen molar-refractivity contribution in [2.24, 2.45) is 23.7 Å². The number of anilines is 1. The van der Waals surface area contributed by atoms with Gasteiger partial charge in [-0.05, 0) is 31.4 Å². The molecular formula is C22H27ClN2O5. The molecule has 3 rings (SSSR count). The van der Waals surface area contributed by atoms with Gasteiger partial charge in [0.15, 0.2) is 0 Å². The summed E-state index contributed by atoms with van der Waals surface area (Å²) in [5.74, 6) is -3.03. The van der Waals surface area contributed by atoms with Crippen molar-refractivity contribution in [3.05, 3.63) is 41.4 Å². The number of para-hydroxylation sites is 1. The Morgan fingerprint density at radius 3 is 2.67 bits per heavy atom. The van der Waals surface area contributed by atoms with E-state index in [4.69, 9.17) is 16.3 Å². The van der Waals surface area contributed by atoms with Gasteiger partial charge >= 0.3 is 5.97 Å². The number of hydrogen-bond acceptors (Lipinski definition) is 5. The number of carbonyl (C=O) groups excluding carboxylic acids is 3. The molecule has 1 aromatic carbocycles. The minimum Gasteiger partial charge on any atom is -0.466 e.